The Balaban J connectivity index is 1.68. The zero-order chi connectivity index (χ0) is 16.4. The highest BCUT2D eigenvalue weighted by atomic mass is 35.5. The SMILES string of the molecule is CC(C)(Oc1ccc(Cl)cc1)C(=O)NC1CCc2ccccc21. The van der Waals surface area contributed by atoms with Crippen LogP contribution in [-0.2, 0) is 11.2 Å². The minimum atomic E-state index is -0.953. The van der Waals surface area contributed by atoms with E-state index in [0.29, 0.717) is 10.8 Å². The molecule has 0 radical (unpaired) electrons. The first-order chi connectivity index (χ1) is 11.0. The molecule has 3 nitrogen and oxygen atoms in total. The number of ether oxygens (including phenoxy) is 1. The van der Waals surface area contributed by atoms with Crippen LogP contribution in [0.5, 0.6) is 5.75 Å². The minimum absolute atomic E-state index is 0.0618. The van der Waals surface area contributed by atoms with Crippen LogP contribution in [0.15, 0.2) is 48.5 Å². The maximum absolute atomic E-state index is 12.6. The maximum atomic E-state index is 12.6. The number of hydrogen-bond donors (Lipinski definition) is 1. The van der Waals surface area contributed by atoms with Crippen molar-refractivity contribution in [2.24, 2.45) is 0 Å². The molecule has 0 fully saturated rings. The summed E-state index contributed by atoms with van der Waals surface area (Å²) in [6.45, 7) is 3.55. The van der Waals surface area contributed by atoms with Gasteiger partial charge in [0.1, 0.15) is 5.75 Å². The lowest BCUT2D eigenvalue weighted by molar-refractivity contribution is -0.135. The molecule has 1 unspecified atom stereocenters. The van der Waals surface area contributed by atoms with E-state index in [1.165, 1.54) is 11.1 Å². The molecule has 0 saturated carbocycles. The lowest BCUT2D eigenvalue weighted by atomic mass is 10.1. The average Bonchev–Trinajstić information content (AvgIpc) is 2.93. The molecule has 0 spiro atoms. The van der Waals surface area contributed by atoms with E-state index in [-0.39, 0.29) is 11.9 Å². The third kappa shape index (κ3) is 3.50. The second-order valence-electron chi connectivity index (χ2n) is 6.33. The smallest absolute Gasteiger partial charge is 0.264 e. The Morgan fingerprint density at radius 3 is 2.61 bits per heavy atom. The van der Waals surface area contributed by atoms with Crippen molar-refractivity contribution < 1.29 is 9.53 Å². The predicted octanol–water partition coefficient (Wildman–Crippen LogP) is 4.30. The van der Waals surface area contributed by atoms with Crippen molar-refractivity contribution in [2.45, 2.75) is 38.3 Å². The molecule has 1 amide bonds. The van der Waals surface area contributed by atoms with E-state index in [0.717, 1.165) is 12.8 Å². The normalized spacial score (nSPS) is 16.7. The molecular formula is C19H20ClNO2. The van der Waals surface area contributed by atoms with Crippen molar-refractivity contribution in [3.05, 3.63) is 64.7 Å². The Kier molecular flexibility index (Phi) is 4.31. The number of aryl methyl sites for hydroxylation is 1. The topological polar surface area (TPSA) is 38.3 Å². The molecular weight excluding hydrogens is 310 g/mol. The Morgan fingerprint density at radius 2 is 1.87 bits per heavy atom. The van der Waals surface area contributed by atoms with Crippen molar-refractivity contribution >= 4 is 17.5 Å². The summed E-state index contributed by atoms with van der Waals surface area (Å²) in [5, 5.41) is 3.76. The van der Waals surface area contributed by atoms with Gasteiger partial charge in [0.15, 0.2) is 5.60 Å². The highest BCUT2D eigenvalue weighted by Crippen LogP contribution is 2.31. The van der Waals surface area contributed by atoms with Crippen LogP contribution in [0.25, 0.3) is 0 Å². The van der Waals surface area contributed by atoms with Gasteiger partial charge in [-0.2, -0.15) is 0 Å². The number of benzene rings is 2. The summed E-state index contributed by atoms with van der Waals surface area (Å²) in [5.74, 6) is 0.510. The molecule has 120 valence electrons. The second-order valence-corrected chi connectivity index (χ2v) is 6.77. The molecule has 2 aromatic rings. The lowest BCUT2D eigenvalue weighted by Gasteiger charge is -2.27. The van der Waals surface area contributed by atoms with Gasteiger partial charge in [-0.25, -0.2) is 0 Å². The Hall–Kier alpha value is -2.00. The molecule has 2 aromatic carbocycles. The number of amides is 1. The number of fused-ring (bicyclic) bond motifs is 1. The Morgan fingerprint density at radius 1 is 1.17 bits per heavy atom. The van der Waals surface area contributed by atoms with Gasteiger partial charge >= 0.3 is 0 Å². The molecule has 0 aliphatic heterocycles. The second kappa shape index (κ2) is 6.25. The summed E-state index contributed by atoms with van der Waals surface area (Å²) in [7, 11) is 0. The van der Waals surface area contributed by atoms with Gasteiger partial charge in [-0.3, -0.25) is 4.79 Å². The number of carbonyl (C=O) groups excluding carboxylic acids is 1. The summed E-state index contributed by atoms with van der Waals surface area (Å²) in [4.78, 5) is 12.6. The summed E-state index contributed by atoms with van der Waals surface area (Å²) in [6.07, 6.45) is 1.93. The maximum Gasteiger partial charge on any atom is 0.264 e. The zero-order valence-corrected chi connectivity index (χ0v) is 14.1. The van der Waals surface area contributed by atoms with Crippen molar-refractivity contribution in [2.75, 3.05) is 0 Å². The average molecular weight is 330 g/mol. The number of rotatable bonds is 4. The van der Waals surface area contributed by atoms with Gasteiger partial charge in [0.2, 0.25) is 0 Å². The molecule has 1 aliphatic carbocycles. The van der Waals surface area contributed by atoms with E-state index < -0.39 is 5.60 Å². The highest BCUT2D eigenvalue weighted by Gasteiger charge is 2.33. The van der Waals surface area contributed by atoms with Gasteiger partial charge in [-0.1, -0.05) is 35.9 Å². The lowest BCUT2D eigenvalue weighted by Crippen LogP contribution is -2.47. The van der Waals surface area contributed by atoms with Crippen LogP contribution in [0, 0.1) is 0 Å². The summed E-state index contributed by atoms with van der Waals surface area (Å²) in [5.41, 5.74) is 1.57. The van der Waals surface area contributed by atoms with E-state index in [2.05, 4.69) is 17.4 Å². The van der Waals surface area contributed by atoms with E-state index in [9.17, 15) is 4.79 Å². The third-order valence-corrected chi connectivity index (χ3v) is 4.42. The van der Waals surface area contributed by atoms with E-state index in [1.54, 1.807) is 38.1 Å². The molecule has 1 aliphatic rings. The first kappa shape index (κ1) is 15.9. The van der Waals surface area contributed by atoms with Crippen molar-refractivity contribution in [1.29, 1.82) is 0 Å². The molecule has 0 saturated heterocycles. The molecule has 1 N–H and O–H groups in total. The van der Waals surface area contributed by atoms with Crippen LogP contribution in [0.1, 0.15) is 37.4 Å². The zero-order valence-electron chi connectivity index (χ0n) is 13.3. The summed E-state index contributed by atoms with van der Waals surface area (Å²) < 4.78 is 5.85. The first-order valence-electron chi connectivity index (χ1n) is 7.79. The van der Waals surface area contributed by atoms with Crippen LogP contribution in [0.4, 0.5) is 0 Å². The van der Waals surface area contributed by atoms with Gasteiger partial charge in [0.05, 0.1) is 6.04 Å². The van der Waals surface area contributed by atoms with Gasteiger partial charge in [0.25, 0.3) is 5.91 Å². The highest BCUT2D eigenvalue weighted by molar-refractivity contribution is 6.30. The minimum Gasteiger partial charge on any atom is -0.478 e. The number of nitrogens with one attached hydrogen (secondary N) is 1. The number of halogens is 1. The van der Waals surface area contributed by atoms with Crippen LogP contribution in [-0.4, -0.2) is 11.5 Å². The first-order valence-corrected chi connectivity index (χ1v) is 8.17. The van der Waals surface area contributed by atoms with Crippen molar-refractivity contribution in [3.63, 3.8) is 0 Å². The molecule has 4 heteroatoms. The number of hydrogen-bond acceptors (Lipinski definition) is 2. The standard InChI is InChI=1S/C19H20ClNO2/c1-19(2,23-15-10-8-14(20)9-11-15)18(22)21-17-12-7-13-5-3-4-6-16(13)17/h3-6,8-11,17H,7,12H2,1-2H3,(H,21,22). The predicted molar refractivity (Wildman–Crippen MR) is 91.8 cm³/mol. The summed E-state index contributed by atoms with van der Waals surface area (Å²) in [6, 6.07) is 15.3. The van der Waals surface area contributed by atoms with Crippen molar-refractivity contribution in [3.8, 4) is 5.75 Å². The van der Waals surface area contributed by atoms with Crippen LogP contribution < -0.4 is 10.1 Å². The van der Waals surface area contributed by atoms with E-state index in [4.69, 9.17) is 16.3 Å². The van der Waals surface area contributed by atoms with Gasteiger partial charge < -0.3 is 10.1 Å². The molecule has 0 heterocycles. The van der Waals surface area contributed by atoms with E-state index in [1.807, 2.05) is 12.1 Å². The van der Waals surface area contributed by atoms with Gasteiger partial charge in [0, 0.05) is 5.02 Å². The Bertz CT molecular complexity index is 710. The van der Waals surface area contributed by atoms with Crippen molar-refractivity contribution in [1.82, 2.24) is 5.32 Å². The fourth-order valence-corrected chi connectivity index (χ4v) is 3.01. The van der Waals surface area contributed by atoms with Crippen LogP contribution in [0.2, 0.25) is 5.02 Å². The number of carbonyl (C=O) groups is 1. The van der Waals surface area contributed by atoms with Gasteiger partial charge in [-0.05, 0) is 62.1 Å². The molecule has 23 heavy (non-hydrogen) atoms. The largest absolute Gasteiger partial charge is 0.478 e. The molecule has 0 bridgehead atoms. The molecule has 1 atom stereocenters. The molecule has 0 aromatic heterocycles. The fourth-order valence-electron chi connectivity index (χ4n) is 2.88. The Labute approximate surface area is 141 Å². The molecule has 3 rings (SSSR count). The monoisotopic (exact) mass is 329 g/mol. The van der Waals surface area contributed by atoms with E-state index >= 15 is 0 Å². The quantitative estimate of drug-likeness (QED) is 0.908. The van der Waals surface area contributed by atoms with Gasteiger partial charge in [-0.15, -0.1) is 0 Å². The summed E-state index contributed by atoms with van der Waals surface area (Å²) >= 11 is 5.87. The van der Waals surface area contributed by atoms with Crippen LogP contribution >= 0.6 is 11.6 Å². The third-order valence-electron chi connectivity index (χ3n) is 4.17. The van der Waals surface area contributed by atoms with Crippen LogP contribution in [0.3, 0.4) is 0 Å². The fraction of sp³-hybridized carbons (Fsp3) is 0.316.